The van der Waals surface area contributed by atoms with Crippen molar-refractivity contribution in [2.45, 2.75) is 26.7 Å². The molecule has 1 rings (SSSR count). The highest BCUT2D eigenvalue weighted by atomic mass is 79.9. The predicted molar refractivity (Wildman–Crippen MR) is 79.9 cm³/mol. The Kier molecular flexibility index (Phi) is 6.83. The number of rotatable bonds is 7. The first kappa shape index (κ1) is 14.7. The molecule has 96 valence electrons. The van der Waals surface area contributed by atoms with Crippen molar-refractivity contribution in [2.75, 3.05) is 25.0 Å². The molecule has 1 aromatic rings. The lowest BCUT2D eigenvalue weighted by atomic mass is 10.0. The number of hydrogen-bond acceptors (Lipinski definition) is 1. The van der Waals surface area contributed by atoms with Crippen LogP contribution in [0.15, 0.2) is 30.3 Å². The van der Waals surface area contributed by atoms with Crippen molar-refractivity contribution in [3.8, 4) is 0 Å². The molecular weight excluding hydrogens is 274 g/mol. The Morgan fingerprint density at radius 2 is 1.76 bits per heavy atom. The summed E-state index contributed by atoms with van der Waals surface area (Å²) in [4.78, 5) is 2.55. The fraction of sp³-hybridized carbons (Fsp3) is 0.600. The molecule has 0 radical (unpaired) electrons. The molecule has 0 bridgehead atoms. The van der Waals surface area contributed by atoms with Crippen LogP contribution < -0.4 is 0 Å². The monoisotopic (exact) mass is 297 g/mol. The van der Waals surface area contributed by atoms with Gasteiger partial charge in [-0.3, -0.25) is 0 Å². The lowest BCUT2D eigenvalue weighted by molar-refractivity contribution is 0.246. The third-order valence-electron chi connectivity index (χ3n) is 3.01. The summed E-state index contributed by atoms with van der Waals surface area (Å²) < 4.78 is 0. The van der Waals surface area contributed by atoms with Crippen LogP contribution in [0.1, 0.15) is 32.3 Å². The molecule has 1 atom stereocenters. The Morgan fingerprint density at radius 1 is 1.12 bits per heavy atom. The SMILES string of the molecule is CCN(CC(C)C)CC(CBr)c1ccccc1. The van der Waals surface area contributed by atoms with Gasteiger partial charge in [0.05, 0.1) is 0 Å². The van der Waals surface area contributed by atoms with Gasteiger partial charge >= 0.3 is 0 Å². The van der Waals surface area contributed by atoms with Crippen LogP contribution in [-0.2, 0) is 0 Å². The van der Waals surface area contributed by atoms with Gasteiger partial charge in [-0.25, -0.2) is 0 Å². The summed E-state index contributed by atoms with van der Waals surface area (Å²) in [7, 11) is 0. The van der Waals surface area contributed by atoms with E-state index in [-0.39, 0.29) is 0 Å². The van der Waals surface area contributed by atoms with Gasteiger partial charge in [-0.15, -0.1) is 0 Å². The third kappa shape index (κ3) is 5.22. The first-order valence-electron chi connectivity index (χ1n) is 6.50. The number of hydrogen-bond donors (Lipinski definition) is 0. The first-order valence-corrected chi connectivity index (χ1v) is 7.62. The molecule has 0 N–H and O–H groups in total. The van der Waals surface area contributed by atoms with Crippen molar-refractivity contribution in [1.29, 1.82) is 0 Å². The zero-order chi connectivity index (χ0) is 12.7. The molecular formula is C15H24BrN. The number of nitrogens with zero attached hydrogens (tertiary/aromatic N) is 1. The highest BCUT2D eigenvalue weighted by molar-refractivity contribution is 9.09. The first-order chi connectivity index (χ1) is 8.17. The number of likely N-dealkylation sites (N-methyl/N-ethyl adjacent to an activating group) is 1. The molecule has 0 aliphatic carbocycles. The van der Waals surface area contributed by atoms with Gasteiger partial charge in [-0.2, -0.15) is 0 Å². The van der Waals surface area contributed by atoms with E-state index in [1.165, 1.54) is 12.1 Å². The Morgan fingerprint density at radius 3 is 2.24 bits per heavy atom. The maximum Gasteiger partial charge on any atom is 0.0112 e. The molecule has 0 aliphatic heterocycles. The van der Waals surface area contributed by atoms with Gasteiger partial charge in [0.15, 0.2) is 0 Å². The normalized spacial score (nSPS) is 13.3. The molecule has 0 heterocycles. The highest BCUT2D eigenvalue weighted by Crippen LogP contribution is 2.19. The maximum absolute atomic E-state index is 3.65. The second-order valence-electron chi connectivity index (χ2n) is 5.01. The summed E-state index contributed by atoms with van der Waals surface area (Å²) in [6.07, 6.45) is 0. The molecule has 1 unspecified atom stereocenters. The van der Waals surface area contributed by atoms with Gasteiger partial charge in [-0.05, 0) is 18.0 Å². The van der Waals surface area contributed by atoms with E-state index in [1.807, 2.05) is 0 Å². The van der Waals surface area contributed by atoms with Crippen molar-refractivity contribution in [3.05, 3.63) is 35.9 Å². The number of halogens is 1. The van der Waals surface area contributed by atoms with Crippen LogP contribution in [0.4, 0.5) is 0 Å². The number of alkyl halides is 1. The third-order valence-corrected chi connectivity index (χ3v) is 3.79. The summed E-state index contributed by atoms with van der Waals surface area (Å²) in [6.45, 7) is 10.3. The molecule has 0 aliphatic rings. The topological polar surface area (TPSA) is 3.24 Å². The predicted octanol–water partition coefficient (Wildman–Crippen LogP) is 4.14. The molecule has 17 heavy (non-hydrogen) atoms. The molecule has 0 amide bonds. The second-order valence-corrected chi connectivity index (χ2v) is 5.66. The van der Waals surface area contributed by atoms with Gasteiger partial charge < -0.3 is 4.90 Å². The molecule has 2 heteroatoms. The fourth-order valence-corrected chi connectivity index (χ4v) is 2.71. The second kappa shape index (κ2) is 7.88. The standard InChI is InChI=1S/C15H24BrN/c1-4-17(11-13(2)3)12-15(10-16)14-8-6-5-7-9-14/h5-9,13,15H,4,10-12H2,1-3H3. The largest absolute Gasteiger partial charge is 0.303 e. The van der Waals surface area contributed by atoms with Crippen LogP contribution >= 0.6 is 15.9 Å². The number of benzene rings is 1. The van der Waals surface area contributed by atoms with E-state index in [4.69, 9.17) is 0 Å². The van der Waals surface area contributed by atoms with Crippen LogP contribution in [0.5, 0.6) is 0 Å². The van der Waals surface area contributed by atoms with Gasteiger partial charge in [0.1, 0.15) is 0 Å². The average molecular weight is 298 g/mol. The molecule has 0 saturated carbocycles. The average Bonchev–Trinajstić information content (AvgIpc) is 2.35. The Labute approximate surface area is 114 Å². The van der Waals surface area contributed by atoms with E-state index in [2.05, 4.69) is 71.9 Å². The molecule has 0 spiro atoms. The minimum Gasteiger partial charge on any atom is -0.303 e. The van der Waals surface area contributed by atoms with Crippen molar-refractivity contribution < 1.29 is 0 Å². The van der Waals surface area contributed by atoms with Gasteiger partial charge in [0.2, 0.25) is 0 Å². The maximum atomic E-state index is 3.65. The van der Waals surface area contributed by atoms with Crippen LogP contribution in [0.2, 0.25) is 0 Å². The molecule has 1 aromatic carbocycles. The zero-order valence-electron chi connectivity index (χ0n) is 11.2. The molecule has 1 nitrogen and oxygen atoms in total. The van der Waals surface area contributed by atoms with Crippen molar-refractivity contribution in [1.82, 2.24) is 4.90 Å². The Hall–Kier alpha value is -0.340. The lowest BCUT2D eigenvalue weighted by Crippen LogP contribution is -2.32. The van der Waals surface area contributed by atoms with Crippen LogP contribution in [0.25, 0.3) is 0 Å². The van der Waals surface area contributed by atoms with E-state index in [0.717, 1.165) is 24.3 Å². The van der Waals surface area contributed by atoms with Gasteiger partial charge in [-0.1, -0.05) is 67.0 Å². The minimum atomic E-state index is 0.592. The van der Waals surface area contributed by atoms with Crippen molar-refractivity contribution in [3.63, 3.8) is 0 Å². The fourth-order valence-electron chi connectivity index (χ4n) is 2.13. The quantitative estimate of drug-likeness (QED) is 0.684. The summed E-state index contributed by atoms with van der Waals surface area (Å²) >= 11 is 3.65. The smallest absolute Gasteiger partial charge is 0.0112 e. The Balaban J connectivity index is 2.62. The van der Waals surface area contributed by atoms with E-state index in [9.17, 15) is 0 Å². The Bertz CT molecular complexity index is 297. The summed E-state index contributed by atoms with van der Waals surface area (Å²) in [5, 5.41) is 1.03. The molecule has 0 saturated heterocycles. The summed E-state index contributed by atoms with van der Waals surface area (Å²) in [6, 6.07) is 10.8. The van der Waals surface area contributed by atoms with Gasteiger partial charge in [0.25, 0.3) is 0 Å². The van der Waals surface area contributed by atoms with Crippen LogP contribution in [-0.4, -0.2) is 29.9 Å². The van der Waals surface area contributed by atoms with E-state index >= 15 is 0 Å². The van der Waals surface area contributed by atoms with E-state index in [1.54, 1.807) is 0 Å². The van der Waals surface area contributed by atoms with Crippen molar-refractivity contribution >= 4 is 15.9 Å². The van der Waals surface area contributed by atoms with E-state index in [0.29, 0.717) is 5.92 Å². The zero-order valence-corrected chi connectivity index (χ0v) is 12.8. The molecule has 0 aromatic heterocycles. The highest BCUT2D eigenvalue weighted by Gasteiger charge is 2.14. The lowest BCUT2D eigenvalue weighted by Gasteiger charge is -2.27. The van der Waals surface area contributed by atoms with Gasteiger partial charge in [0, 0.05) is 24.3 Å². The summed E-state index contributed by atoms with van der Waals surface area (Å²) in [5.41, 5.74) is 1.44. The summed E-state index contributed by atoms with van der Waals surface area (Å²) in [5.74, 6) is 1.33. The van der Waals surface area contributed by atoms with Crippen LogP contribution in [0, 0.1) is 5.92 Å². The van der Waals surface area contributed by atoms with Crippen molar-refractivity contribution in [2.24, 2.45) is 5.92 Å². The molecule has 0 fully saturated rings. The minimum absolute atomic E-state index is 0.592. The van der Waals surface area contributed by atoms with Crippen LogP contribution in [0.3, 0.4) is 0 Å². The van der Waals surface area contributed by atoms with E-state index < -0.39 is 0 Å².